The van der Waals surface area contributed by atoms with E-state index in [0.717, 1.165) is 0 Å². The van der Waals surface area contributed by atoms with Crippen molar-refractivity contribution in [2.45, 2.75) is 25.6 Å². The summed E-state index contributed by atoms with van der Waals surface area (Å²) < 4.78 is 20.5. The van der Waals surface area contributed by atoms with E-state index in [-0.39, 0.29) is 12.5 Å². The van der Waals surface area contributed by atoms with E-state index in [0.29, 0.717) is 37.2 Å². The molecule has 24 heavy (non-hydrogen) atoms. The molecule has 0 atom stereocenters. The summed E-state index contributed by atoms with van der Waals surface area (Å²) in [6.45, 7) is 3.06. The molecule has 1 aromatic carbocycles. The van der Waals surface area contributed by atoms with Gasteiger partial charge in [-0.2, -0.15) is 0 Å². The van der Waals surface area contributed by atoms with Crippen molar-refractivity contribution in [1.82, 2.24) is 4.90 Å². The standard InChI is InChI=1S/C17H23NO6/c1-4-23-16(20)24-14-7-5-13(6-8-14)15(19)18-11-9-17(21-2,22-3)10-12-18/h5-8H,4,9-12H2,1-3H3. The number of amides is 1. The summed E-state index contributed by atoms with van der Waals surface area (Å²) in [5, 5.41) is 0. The number of hydrogen-bond donors (Lipinski definition) is 0. The van der Waals surface area contributed by atoms with E-state index in [1.54, 1.807) is 50.3 Å². The number of rotatable bonds is 5. The fourth-order valence-electron chi connectivity index (χ4n) is 2.63. The van der Waals surface area contributed by atoms with Crippen LogP contribution in [0.2, 0.25) is 0 Å². The van der Waals surface area contributed by atoms with Crippen LogP contribution in [0, 0.1) is 0 Å². The van der Waals surface area contributed by atoms with Gasteiger partial charge in [0.05, 0.1) is 6.61 Å². The molecule has 0 radical (unpaired) electrons. The van der Waals surface area contributed by atoms with Gasteiger partial charge in [-0.25, -0.2) is 4.79 Å². The summed E-state index contributed by atoms with van der Waals surface area (Å²) >= 11 is 0. The summed E-state index contributed by atoms with van der Waals surface area (Å²) in [7, 11) is 3.23. The Morgan fingerprint density at radius 2 is 1.67 bits per heavy atom. The molecule has 1 aliphatic rings. The Morgan fingerprint density at radius 1 is 1.08 bits per heavy atom. The third-order valence-electron chi connectivity index (χ3n) is 4.12. The van der Waals surface area contributed by atoms with Crippen LogP contribution in [0.4, 0.5) is 4.79 Å². The first-order valence-corrected chi connectivity index (χ1v) is 7.88. The van der Waals surface area contributed by atoms with Crippen LogP contribution >= 0.6 is 0 Å². The van der Waals surface area contributed by atoms with Crippen LogP contribution in [0.1, 0.15) is 30.1 Å². The fourth-order valence-corrected chi connectivity index (χ4v) is 2.63. The van der Waals surface area contributed by atoms with Crippen LogP contribution < -0.4 is 4.74 Å². The molecule has 0 aromatic heterocycles. The lowest BCUT2D eigenvalue weighted by atomic mass is 10.0. The summed E-state index contributed by atoms with van der Waals surface area (Å²) in [6, 6.07) is 6.40. The number of hydrogen-bond acceptors (Lipinski definition) is 6. The molecule has 0 unspecified atom stereocenters. The molecule has 0 bridgehead atoms. The maximum atomic E-state index is 12.5. The van der Waals surface area contributed by atoms with E-state index in [1.165, 1.54) is 0 Å². The lowest BCUT2D eigenvalue weighted by Gasteiger charge is -2.39. The van der Waals surface area contributed by atoms with Crippen LogP contribution in [0.15, 0.2) is 24.3 Å². The van der Waals surface area contributed by atoms with Gasteiger partial charge in [0.2, 0.25) is 0 Å². The molecule has 2 rings (SSSR count). The van der Waals surface area contributed by atoms with Gasteiger partial charge >= 0.3 is 6.16 Å². The number of piperidine rings is 1. The highest BCUT2D eigenvalue weighted by Gasteiger charge is 2.36. The SMILES string of the molecule is CCOC(=O)Oc1ccc(C(=O)N2CCC(OC)(OC)CC2)cc1. The average Bonchev–Trinajstić information content (AvgIpc) is 2.62. The second-order valence-corrected chi connectivity index (χ2v) is 5.42. The molecule has 7 heteroatoms. The molecule has 1 amide bonds. The lowest BCUT2D eigenvalue weighted by molar-refractivity contribution is -0.226. The zero-order valence-electron chi connectivity index (χ0n) is 14.2. The molecule has 7 nitrogen and oxygen atoms in total. The number of carbonyl (C=O) groups excluding carboxylic acids is 2. The predicted octanol–water partition coefficient (Wildman–Crippen LogP) is 2.45. The number of ether oxygens (including phenoxy) is 4. The molecule has 0 aliphatic carbocycles. The number of benzene rings is 1. The molecule has 1 fully saturated rings. The second kappa shape index (κ2) is 8.12. The van der Waals surface area contributed by atoms with Crippen LogP contribution in [0.3, 0.4) is 0 Å². The minimum Gasteiger partial charge on any atom is -0.434 e. The van der Waals surface area contributed by atoms with Crippen molar-refractivity contribution >= 4 is 12.1 Å². The first-order chi connectivity index (χ1) is 11.5. The minimum atomic E-state index is -0.761. The topological polar surface area (TPSA) is 74.3 Å². The molecule has 1 aliphatic heterocycles. The number of methoxy groups -OCH3 is 2. The van der Waals surface area contributed by atoms with Gasteiger partial charge in [-0.05, 0) is 31.2 Å². The van der Waals surface area contributed by atoms with Crippen LogP contribution in [0.5, 0.6) is 5.75 Å². The predicted molar refractivity (Wildman–Crippen MR) is 86.0 cm³/mol. The molecular weight excluding hydrogens is 314 g/mol. The highest BCUT2D eigenvalue weighted by molar-refractivity contribution is 5.94. The van der Waals surface area contributed by atoms with E-state index in [1.807, 2.05) is 0 Å². The lowest BCUT2D eigenvalue weighted by Crippen LogP contribution is -2.48. The van der Waals surface area contributed by atoms with E-state index < -0.39 is 11.9 Å². The van der Waals surface area contributed by atoms with Crippen molar-refractivity contribution < 1.29 is 28.5 Å². The second-order valence-electron chi connectivity index (χ2n) is 5.42. The molecular formula is C17H23NO6. The Morgan fingerprint density at radius 3 is 2.17 bits per heavy atom. The normalized spacial score (nSPS) is 16.5. The van der Waals surface area contributed by atoms with Crippen LogP contribution in [-0.2, 0) is 14.2 Å². The number of nitrogens with zero attached hydrogens (tertiary/aromatic N) is 1. The van der Waals surface area contributed by atoms with Gasteiger partial charge in [0.1, 0.15) is 5.75 Å². The minimum absolute atomic E-state index is 0.0708. The third kappa shape index (κ3) is 4.24. The van der Waals surface area contributed by atoms with Gasteiger partial charge in [-0.3, -0.25) is 4.79 Å². The molecule has 132 valence electrons. The largest absolute Gasteiger partial charge is 0.513 e. The Bertz CT molecular complexity index is 557. The summed E-state index contributed by atoms with van der Waals surface area (Å²) in [5.41, 5.74) is 0.536. The highest BCUT2D eigenvalue weighted by Crippen LogP contribution is 2.27. The summed E-state index contributed by atoms with van der Waals surface area (Å²) in [4.78, 5) is 25.5. The van der Waals surface area contributed by atoms with Gasteiger partial charge < -0.3 is 23.8 Å². The molecule has 0 N–H and O–H groups in total. The summed E-state index contributed by atoms with van der Waals surface area (Å²) in [5.74, 6) is -0.339. The van der Waals surface area contributed by atoms with Crippen molar-refractivity contribution in [3.63, 3.8) is 0 Å². The Hall–Kier alpha value is -2.12. The fraction of sp³-hybridized carbons (Fsp3) is 0.529. The Labute approximate surface area is 141 Å². The smallest absolute Gasteiger partial charge is 0.434 e. The van der Waals surface area contributed by atoms with E-state index in [9.17, 15) is 9.59 Å². The number of likely N-dealkylation sites (tertiary alicyclic amines) is 1. The van der Waals surface area contributed by atoms with Crippen molar-refractivity contribution in [1.29, 1.82) is 0 Å². The van der Waals surface area contributed by atoms with Crippen molar-refractivity contribution in [2.24, 2.45) is 0 Å². The first-order valence-electron chi connectivity index (χ1n) is 7.88. The van der Waals surface area contributed by atoms with Gasteiger partial charge in [0.25, 0.3) is 5.91 Å². The molecule has 0 saturated carbocycles. The first kappa shape index (κ1) is 18.2. The third-order valence-corrected chi connectivity index (χ3v) is 4.12. The average molecular weight is 337 g/mol. The quantitative estimate of drug-likeness (QED) is 0.467. The van der Waals surface area contributed by atoms with Gasteiger partial charge in [-0.15, -0.1) is 0 Å². The van der Waals surface area contributed by atoms with Crippen LogP contribution in [-0.4, -0.2) is 56.7 Å². The molecule has 1 aromatic rings. The maximum absolute atomic E-state index is 12.5. The van der Waals surface area contributed by atoms with E-state index in [2.05, 4.69) is 0 Å². The van der Waals surface area contributed by atoms with E-state index >= 15 is 0 Å². The van der Waals surface area contributed by atoms with Gasteiger partial charge in [0, 0.05) is 45.7 Å². The van der Waals surface area contributed by atoms with Crippen molar-refractivity contribution in [2.75, 3.05) is 33.9 Å². The molecule has 1 heterocycles. The van der Waals surface area contributed by atoms with Crippen molar-refractivity contribution in [3.05, 3.63) is 29.8 Å². The Kier molecular flexibility index (Phi) is 6.16. The van der Waals surface area contributed by atoms with Gasteiger partial charge in [0.15, 0.2) is 5.79 Å². The van der Waals surface area contributed by atoms with Crippen LogP contribution in [0.25, 0.3) is 0 Å². The Balaban J connectivity index is 1.95. The van der Waals surface area contributed by atoms with E-state index in [4.69, 9.17) is 18.9 Å². The zero-order chi connectivity index (χ0) is 17.6. The highest BCUT2D eigenvalue weighted by atomic mass is 16.7. The molecule has 1 saturated heterocycles. The monoisotopic (exact) mass is 337 g/mol. The zero-order valence-corrected chi connectivity index (χ0v) is 14.2. The number of carbonyl (C=O) groups is 2. The maximum Gasteiger partial charge on any atom is 0.513 e. The molecule has 0 spiro atoms. The van der Waals surface area contributed by atoms with Gasteiger partial charge in [-0.1, -0.05) is 0 Å². The summed E-state index contributed by atoms with van der Waals surface area (Å²) in [6.07, 6.45) is 0.481. The van der Waals surface area contributed by atoms with Crippen molar-refractivity contribution in [3.8, 4) is 5.75 Å².